The molecule has 4 atom stereocenters. The van der Waals surface area contributed by atoms with E-state index >= 15 is 0 Å². The second-order valence-corrected chi connectivity index (χ2v) is 6.04. The lowest BCUT2D eigenvalue weighted by Gasteiger charge is -2.17. The summed E-state index contributed by atoms with van der Waals surface area (Å²) in [4.78, 5) is 16.7. The number of rotatable bonds is 2. The zero-order valence-corrected chi connectivity index (χ0v) is 13.2. The summed E-state index contributed by atoms with van der Waals surface area (Å²) in [5.74, 6) is 0.663. The molecule has 1 aromatic rings. The van der Waals surface area contributed by atoms with Gasteiger partial charge in [-0.15, -0.1) is 0 Å². The van der Waals surface area contributed by atoms with Crippen LogP contribution in [0.2, 0.25) is 0 Å². The first-order chi connectivity index (χ1) is 8.90. The zero-order valence-electron chi connectivity index (χ0n) is 11.6. The first kappa shape index (κ1) is 14.5. The van der Waals surface area contributed by atoms with Crippen molar-refractivity contribution in [3.8, 4) is 0 Å². The highest BCUT2D eigenvalue weighted by molar-refractivity contribution is 9.10. The van der Waals surface area contributed by atoms with Gasteiger partial charge in [-0.1, -0.05) is 6.92 Å². The highest BCUT2D eigenvalue weighted by atomic mass is 79.9. The molecule has 1 amide bonds. The van der Waals surface area contributed by atoms with Crippen LogP contribution in [0, 0.1) is 18.8 Å². The lowest BCUT2D eigenvalue weighted by molar-refractivity contribution is -0.122. The Bertz CT molecular complexity index is 492. The van der Waals surface area contributed by atoms with Crippen molar-refractivity contribution in [2.75, 3.05) is 5.32 Å². The average Bonchev–Trinajstić information content (AvgIpc) is 2.58. The quantitative estimate of drug-likeness (QED) is 0.908. The van der Waals surface area contributed by atoms with E-state index in [-0.39, 0.29) is 30.0 Å². The summed E-state index contributed by atoms with van der Waals surface area (Å²) < 4.78 is 6.63. The molecule has 1 fully saturated rings. The SMILES string of the molecule is Cc1nc(NC(=O)C2C(C)OC(C)C2C)ccc1Br. The van der Waals surface area contributed by atoms with E-state index < -0.39 is 0 Å². The average molecular weight is 327 g/mol. The lowest BCUT2D eigenvalue weighted by atomic mass is 9.89. The molecule has 2 heterocycles. The Hall–Kier alpha value is -0.940. The van der Waals surface area contributed by atoms with Crippen molar-refractivity contribution in [1.29, 1.82) is 0 Å². The number of nitrogens with one attached hydrogen (secondary N) is 1. The van der Waals surface area contributed by atoms with E-state index in [1.165, 1.54) is 0 Å². The summed E-state index contributed by atoms with van der Waals surface area (Å²) in [6.45, 7) is 7.91. The molecule has 0 bridgehead atoms. The largest absolute Gasteiger partial charge is 0.374 e. The molecule has 1 N–H and O–H groups in total. The van der Waals surface area contributed by atoms with Gasteiger partial charge in [0.1, 0.15) is 5.82 Å². The Kier molecular flexibility index (Phi) is 4.26. The molecule has 1 aliphatic heterocycles. The number of ether oxygens (including phenoxy) is 1. The number of amides is 1. The van der Waals surface area contributed by atoms with Crippen LogP contribution in [0.3, 0.4) is 0 Å². The van der Waals surface area contributed by atoms with Gasteiger partial charge in [-0.05, 0) is 54.8 Å². The fraction of sp³-hybridized carbons (Fsp3) is 0.571. The first-order valence-corrected chi connectivity index (χ1v) is 7.29. The molecule has 0 radical (unpaired) electrons. The molecule has 0 spiro atoms. The molecule has 0 aromatic carbocycles. The molecule has 0 aliphatic carbocycles. The van der Waals surface area contributed by atoms with E-state index in [1.54, 1.807) is 6.07 Å². The van der Waals surface area contributed by atoms with Crippen molar-refractivity contribution < 1.29 is 9.53 Å². The predicted octanol–water partition coefficient (Wildman–Crippen LogP) is 3.15. The Balaban J connectivity index is 2.10. The van der Waals surface area contributed by atoms with Gasteiger partial charge in [0, 0.05) is 4.47 Å². The van der Waals surface area contributed by atoms with Crippen LogP contribution < -0.4 is 5.32 Å². The maximum Gasteiger partial charge on any atom is 0.231 e. The van der Waals surface area contributed by atoms with Crippen LogP contribution in [-0.4, -0.2) is 23.1 Å². The Morgan fingerprint density at radius 3 is 2.53 bits per heavy atom. The van der Waals surface area contributed by atoms with Gasteiger partial charge in [0.25, 0.3) is 0 Å². The third-order valence-corrected chi connectivity index (χ3v) is 4.66. The molecule has 4 nitrogen and oxygen atoms in total. The van der Waals surface area contributed by atoms with Crippen LogP contribution in [0.1, 0.15) is 26.5 Å². The van der Waals surface area contributed by atoms with Gasteiger partial charge >= 0.3 is 0 Å². The summed E-state index contributed by atoms with van der Waals surface area (Å²) >= 11 is 3.39. The number of carbonyl (C=O) groups is 1. The van der Waals surface area contributed by atoms with E-state index in [0.29, 0.717) is 5.82 Å². The van der Waals surface area contributed by atoms with Gasteiger partial charge in [-0.3, -0.25) is 4.79 Å². The third kappa shape index (κ3) is 2.98. The van der Waals surface area contributed by atoms with Gasteiger partial charge in [-0.25, -0.2) is 4.98 Å². The number of aromatic nitrogens is 1. The molecular formula is C14H19BrN2O2. The van der Waals surface area contributed by atoms with Crippen molar-refractivity contribution in [1.82, 2.24) is 4.98 Å². The lowest BCUT2D eigenvalue weighted by Crippen LogP contribution is -2.32. The summed E-state index contributed by atoms with van der Waals surface area (Å²) in [5, 5.41) is 2.88. The number of halogens is 1. The van der Waals surface area contributed by atoms with Crippen LogP contribution in [-0.2, 0) is 9.53 Å². The van der Waals surface area contributed by atoms with Crippen molar-refractivity contribution in [2.24, 2.45) is 11.8 Å². The van der Waals surface area contributed by atoms with Gasteiger partial charge < -0.3 is 10.1 Å². The van der Waals surface area contributed by atoms with Gasteiger partial charge in [0.2, 0.25) is 5.91 Å². The molecule has 1 saturated heterocycles. The fourth-order valence-electron chi connectivity index (χ4n) is 2.54. The number of aryl methyl sites for hydroxylation is 1. The monoisotopic (exact) mass is 326 g/mol. The summed E-state index contributed by atoms with van der Waals surface area (Å²) in [6, 6.07) is 3.68. The summed E-state index contributed by atoms with van der Waals surface area (Å²) in [6.07, 6.45) is 0.0620. The maximum absolute atomic E-state index is 12.3. The van der Waals surface area contributed by atoms with Crippen molar-refractivity contribution in [2.45, 2.75) is 39.9 Å². The number of hydrogen-bond donors (Lipinski definition) is 1. The Labute approximate surface area is 122 Å². The molecule has 2 rings (SSSR count). The molecule has 1 aliphatic rings. The number of hydrogen-bond acceptors (Lipinski definition) is 3. The van der Waals surface area contributed by atoms with E-state index in [2.05, 4.69) is 33.2 Å². The standard InChI is InChI=1S/C14H19BrN2O2/c1-7-9(3)19-10(4)13(7)14(18)17-12-6-5-11(15)8(2)16-12/h5-7,9-10,13H,1-4H3,(H,16,17,18). The topological polar surface area (TPSA) is 51.2 Å². The van der Waals surface area contributed by atoms with Crippen molar-refractivity contribution >= 4 is 27.7 Å². The van der Waals surface area contributed by atoms with Crippen LogP contribution >= 0.6 is 15.9 Å². The van der Waals surface area contributed by atoms with Gasteiger partial charge in [0.15, 0.2) is 0 Å². The van der Waals surface area contributed by atoms with Crippen molar-refractivity contribution in [3.05, 3.63) is 22.3 Å². The molecular weight excluding hydrogens is 308 g/mol. The molecule has 0 saturated carbocycles. The fourth-order valence-corrected chi connectivity index (χ4v) is 2.76. The van der Waals surface area contributed by atoms with E-state index in [4.69, 9.17) is 4.74 Å². The smallest absolute Gasteiger partial charge is 0.231 e. The van der Waals surface area contributed by atoms with E-state index in [1.807, 2.05) is 26.8 Å². The predicted molar refractivity (Wildman–Crippen MR) is 78.0 cm³/mol. The van der Waals surface area contributed by atoms with Crippen LogP contribution in [0.15, 0.2) is 16.6 Å². The summed E-state index contributed by atoms with van der Waals surface area (Å²) in [7, 11) is 0. The minimum absolute atomic E-state index is 0.0152. The van der Waals surface area contributed by atoms with Crippen LogP contribution in [0.25, 0.3) is 0 Å². The molecule has 104 valence electrons. The number of nitrogens with zero attached hydrogens (tertiary/aromatic N) is 1. The molecule has 19 heavy (non-hydrogen) atoms. The second-order valence-electron chi connectivity index (χ2n) is 5.18. The van der Waals surface area contributed by atoms with Gasteiger partial charge in [-0.2, -0.15) is 0 Å². The molecule has 5 heteroatoms. The molecule has 1 aromatic heterocycles. The molecule has 4 unspecified atom stereocenters. The van der Waals surface area contributed by atoms with Crippen LogP contribution in [0.5, 0.6) is 0 Å². The van der Waals surface area contributed by atoms with E-state index in [9.17, 15) is 4.79 Å². The highest BCUT2D eigenvalue weighted by Gasteiger charge is 2.41. The van der Waals surface area contributed by atoms with E-state index in [0.717, 1.165) is 10.2 Å². The first-order valence-electron chi connectivity index (χ1n) is 6.49. The van der Waals surface area contributed by atoms with Crippen LogP contribution in [0.4, 0.5) is 5.82 Å². The zero-order chi connectivity index (χ0) is 14.2. The Morgan fingerprint density at radius 2 is 2.00 bits per heavy atom. The number of pyridine rings is 1. The number of anilines is 1. The number of carbonyl (C=O) groups excluding carboxylic acids is 1. The maximum atomic E-state index is 12.3. The minimum atomic E-state index is -0.124. The van der Waals surface area contributed by atoms with Gasteiger partial charge in [0.05, 0.1) is 23.8 Å². The normalized spacial score (nSPS) is 30.4. The third-order valence-electron chi connectivity index (χ3n) is 3.82. The highest BCUT2D eigenvalue weighted by Crippen LogP contribution is 2.32. The Morgan fingerprint density at radius 1 is 1.32 bits per heavy atom. The van der Waals surface area contributed by atoms with Crippen molar-refractivity contribution in [3.63, 3.8) is 0 Å². The minimum Gasteiger partial charge on any atom is -0.374 e. The summed E-state index contributed by atoms with van der Waals surface area (Å²) in [5.41, 5.74) is 0.856. The second kappa shape index (κ2) is 5.59.